The van der Waals surface area contributed by atoms with Crippen LogP contribution in [0.4, 0.5) is 11.4 Å². The second-order valence-electron chi connectivity index (χ2n) is 6.14. The molecule has 0 atom stereocenters. The topological polar surface area (TPSA) is 76.4 Å². The average molecular weight is 363 g/mol. The van der Waals surface area contributed by atoms with Crippen LogP contribution in [-0.2, 0) is 0 Å². The molecule has 6 heteroatoms. The standard InChI is InChI=1S/C21H21N3O3/c1-12-6-13(2)18(25-3)8-16(12)24-21-14(10-22)11-23-17-9-20(27-5)19(26-4)7-15(17)21/h6-9,11H,1-5H3,(H,23,24). The number of nitriles is 1. The molecule has 0 unspecified atom stereocenters. The number of hydrogen-bond acceptors (Lipinski definition) is 6. The molecule has 0 saturated heterocycles. The number of nitrogens with zero attached hydrogens (tertiary/aromatic N) is 2. The van der Waals surface area contributed by atoms with Gasteiger partial charge in [0, 0.05) is 29.4 Å². The van der Waals surface area contributed by atoms with Gasteiger partial charge in [-0.3, -0.25) is 4.98 Å². The molecule has 3 rings (SSSR count). The molecule has 0 saturated carbocycles. The van der Waals surface area contributed by atoms with E-state index in [2.05, 4.69) is 16.4 Å². The molecule has 0 spiro atoms. The van der Waals surface area contributed by atoms with Gasteiger partial charge in [0.2, 0.25) is 0 Å². The van der Waals surface area contributed by atoms with Crippen LogP contribution in [0.15, 0.2) is 30.5 Å². The first-order chi connectivity index (χ1) is 13.0. The average Bonchev–Trinajstić information content (AvgIpc) is 2.68. The number of rotatable bonds is 5. The van der Waals surface area contributed by atoms with Crippen LogP contribution in [0.3, 0.4) is 0 Å². The Labute approximate surface area is 158 Å². The van der Waals surface area contributed by atoms with Gasteiger partial charge in [0.25, 0.3) is 0 Å². The third kappa shape index (κ3) is 3.32. The van der Waals surface area contributed by atoms with Gasteiger partial charge >= 0.3 is 0 Å². The van der Waals surface area contributed by atoms with E-state index in [-0.39, 0.29) is 0 Å². The first-order valence-corrected chi connectivity index (χ1v) is 8.39. The molecule has 0 radical (unpaired) electrons. The second kappa shape index (κ2) is 7.42. The largest absolute Gasteiger partial charge is 0.496 e. The number of benzene rings is 2. The maximum Gasteiger partial charge on any atom is 0.162 e. The summed E-state index contributed by atoms with van der Waals surface area (Å²) in [6, 6.07) is 9.80. The Morgan fingerprint density at radius 3 is 2.19 bits per heavy atom. The highest BCUT2D eigenvalue weighted by atomic mass is 16.5. The van der Waals surface area contributed by atoms with Gasteiger partial charge in [0.1, 0.15) is 11.8 Å². The molecule has 0 amide bonds. The Morgan fingerprint density at radius 2 is 1.56 bits per heavy atom. The monoisotopic (exact) mass is 363 g/mol. The van der Waals surface area contributed by atoms with Crippen molar-refractivity contribution in [3.63, 3.8) is 0 Å². The zero-order chi connectivity index (χ0) is 19.6. The van der Waals surface area contributed by atoms with Crippen molar-refractivity contribution in [1.82, 2.24) is 4.98 Å². The molecule has 0 fully saturated rings. The van der Waals surface area contributed by atoms with E-state index < -0.39 is 0 Å². The van der Waals surface area contributed by atoms with Crippen LogP contribution in [0.1, 0.15) is 16.7 Å². The minimum atomic E-state index is 0.439. The van der Waals surface area contributed by atoms with Crippen LogP contribution >= 0.6 is 0 Å². The lowest BCUT2D eigenvalue weighted by Crippen LogP contribution is -2.01. The van der Waals surface area contributed by atoms with E-state index in [1.165, 1.54) is 0 Å². The van der Waals surface area contributed by atoms with Crippen molar-refractivity contribution in [2.24, 2.45) is 0 Å². The highest BCUT2D eigenvalue weighted by molar-refractivity contribution is 5.97. The first kappa shape index (κ1) is 18.3. The summed E-state index contributed by atoms with van der Waals surface area (Å²) in [7, 11) is 4.79. The zero-order valence-electron chi connectivity index (χ0n) is 16.0. The predicted molar refractivity (Wildman–Crippen MR) is 105 cm³/mol. The molecule has 3 aromatic rings. The summed E-state index contributed by atoms with van der Waals surface area (Å²) in [6.07, 6.45) is 1.55. The van der Waals surface area contributed by atoms with Gasteiger partial charge in [0.15, 0.2) is 11.5 Å². The van der Waals surface area contributed by atoms with Gasteiger partial charge in [0.05, 0.1) is 38.1 Å². The molecule has 1 aromatic heterocycles. The van der Waals surface area contributed by atoms with Crippen molar-refractivity contribution >= 4 is 22.3 Å². The van der Waals surface area contributed by atoms with Crippen molar-refractivity contribution in [2.45, 2.75) is 13.8 Å². The number of anilines is 2. The number of methoxy groups -OCH3 is 3. The highest BCUT2D eigenvalue weighted by Gasteiger charge is 2.15. The summed E-state index contributed by atoms with van der Waals surface area (Å²) in [4.78, 5) is 4.39. The Morgan fingerprint density at radius 1 is 0.889 bits per heavy atom. The number of aromatic nitrogens is 1. The van der Waals surface area contributed by atoms with Crippen LogP contribution in [0.2, 0.25) is 0 Å². The third-order valence-electron chi connectivity index (χ3n) is 4.50. The Kier molecular flexibility index (Phi) is 5.04. The van der Waals surface area contributed by atoms with Crippen molar-refractivity contribution in [3.05, 3.63) is 47.2 Å². The van der Waals surface area contributed by atoms with Gasteiger partial charge < -0.3 is 19.5 Å². The summed E-state index contributed by atoms with van der Waals surface area (Å²) < 4.78 is 16.2. The quantitative estimate of drug-likeness (QED) is 0.720. The third-order valence-corrected chi connectivity index (χ3v) is 4.50. The normalized spacial score (nSPS) is 10.4. The van der Waals surface area contributed by atoms with E-state index >= 15 is 0 Å². The minimum Gasteiger partial charge on any atom is -0.496 e. The predicted octanol–water partition coefficient (Wildman–Crippen LogP) is 4.49. The van der Waals surface area contributed by atoms with Gasteiger partial charge in [-0.05, 0) is 31.0 Å². The highest BCUT2D eigenvalue weighted by Crippen LogP contribution is 2.38. The van der Waals surface area contributed by atoms with Gasteiger partial charge in [-0.1, -0.05) is 6.07 Å². The molecule has 0 aliphatic rings. The number of fused-ring (bicyclic) bond motifs is 1. The van der Waals surface area contributed by atoms with Gasteiger partial charge in [-0.25, -0.2) is 0 Å². The fourth-order valence-corrected chi connectivity index (χ4v) is 3.06. The smallest absolute Gasteiger partial charge is 0.162 e. The van der Waals surface area contributed by atoms with E-state index in [0.29, 0.717) is 28.3 Å². The summed E-state index contributed by atoms with van der Waals surface area (Å²) in [5, 5.41) is 13.7. The summed E-state index contributed by atoms with van der Waals surface area (Å²) in [5.41, 5.74) is 4.75. The van der Waals surface area contributed by atoms with Crippen molar-refractivity contribution in [3.8, 4) is 23.3 Å². The number of aryl methyl sites for hydroxylation is 2. The molecule has 0 aliphatic carbocycles. The number of hydrogen-bond donors (Lipinski definition) is 1. The second-order valence-corrected chi connectivity index (χ2v) is 6.14. The first-order valence-electron chi connectivity index (χ1n) is 8.39. The van der Waals surface area contributed by atoms with Crippen LogP contribution in [0.5, 0.6) is 17.2 Å². The lowest BCUT2D eigenvalue weighted by Gasteiger charge is -2.17. The van der Waals surface area contributed by atoms with E-state index in [9.17, 15) is 5.26 Å². The van der Waals surface area contributed by atoms with Gasteiger partial charge in [-0.2, -0.15) is 5.26 Å². The molecule has 1 N–H and O–H groups in total. The van der Waals surface area contributed by atoms with Crippen LogP contribution in [-0.4, -0.2) is 26.3 Å². The molecule has 6 nitrogen and oxygen atoms in total. The van der Waals surface area contributed by atoms with Crippen molar-refractivity contribution in [2.75, 3.05) is 26.6 Å². The summed E-state index contributed by atoms with van der Waals surface area (Å²) in [6.45, 7) is 4.00. The SMILES string of the molecule is COc1cc(Nc2c(C#N)cnc3cc(OC)c(OC)cc23)c(C)cc1C. The van der Waals surface area contributed by atoms with Crippen LogP contribution < -0.4 is 19.5 Å². The Balaban J connectivity index is 2.22. The number of pyridine rings is 1. The lowest BCUT2D eigenvalue weighted by atomic mass is 10.1. The fourth-order valence-electron chi connectivity index (χ4n) is 3.06. The van der Waals surface area contributed by atoms with Crippen LogP contribution in [0, 0.1) is 25.2 Å². The van der Waals surface area contributed by atoms with Crippen molar-refractivity contribution < 1.29 is 14.2 Å². The minimum absolute atomic E-state index is 0.439. The van der Waals surface area contributed by atoms with Crippen molar-refractivity contribution in [1.29, 1.82) is 5.26 Å². The molecule has 2 aromatic carbocycles. The maximum atomic E-state index is 9.59. The molecular formula is C21H21N3O3. The molecule has 0 aliphatic heterocycles. The number of nitrogens with one attached hydrogen (secondary N) is 1. The molecule has 0 bridgehead atoms. The van der Waals surface area contributed by atoms with Gasteiger partial charge in [-0.15, -0.1) is 0 Å². The zero-order valence-corrected chi connectivity index (χ0v) is 16.0. The van der Waals surface area contributed by atoms with E-state index in [1.54, 1.807) is 33.6 Å². The fraction of sp³-hybridized carbons (Fsp3) is 0.238. The Hall–Kier alpha value is -3.46. The molecule has 27 heavy (non-hydrogen) atoms. The number of ether oxygens (including phenoxy) is 3. The molecule has 1 heterocycles. The van der Waals surface area contributed by atoms with E-state index in [0.717, 1.165) is 28.0 Å². The van der Waals surface area contributed by atoms with E-state index in [4.69, 9.17) is 14.2 Å². The maximum absolute atomic E-state index is 9.59. The summed E-state index contributed by atoms with van der Waals surface area (Å²) >= 11 is 0. The van der Waals surface area contributed by atoms with E-state index in [1.807, 2.05) is 32.0 Å². The van der Waals surface area contributed by atoms with Crippen LogP contribution in [0.25, 0.3) is 10.9 Å². The summed E-state index contributed by atoms with van der Waals surface area (Å²) in [5.74, 6) is 1.93. The Bertz CT molecular complexity index is 1050. The molecular weight excluding hydrogens is 342 g/mol. The lowest BCUT2D eigenvalue weighted by molar-refractivity contribution is 0.356. The molecule has 138 valence electrons.